The van der Waals surface area contributed by atoms with Crippen LogP contribution in [-0.2, 0) is 0 Å². The lowest BCUT2D eigenvalue weighted by molar-refractivity contribution is -0.284. The lowest BCUT2D eigenvalue weighted by Crippen LogP contribution is -2.46. The Bertz CT molecular complexity index is 984. The summed E-state index contributed by atoms with van der Waals surface area (Å²) in [5.74, 6) is -1.30. The molecular weight excluding hydrogens is 541 g/mol. The largest absolute Gasteiger partial charge is 0.453 e. The number of carbonyl (C=O) groups excluding carboxylic acids is 1. The fourth-order valence-corrected chi connectivity index (χ4v) is 8.85. The van der Waals surface area contributed by atoms with E-state index in [1.807, 2.05) is 12.1 Å². The summed E-state index contributed by atoms with van der Waals surface area (Å²) in [5.41, 5.74) is 2.69. The van der Waals surface area contributed by atoms with E-state index in [9.17, 15) is 26.7 Å². The van der Waals surface area contributed by atoms with E-state index in [4.69, 9.17) is 0 Å². The van der Waals surface area contributed by atoms with E-state index in [0.29, 0.717) is 34.7 Å². The highest BCUT2D eigenvalue weighted by atomic mass is 32.2. The van der Waals surface area contributed by atoms with Crippen LogP contribution in [0.15, 0.2) is 24.3 Å². The Morgan fingerprint density at radius 1 is 0.950 bits per heavy atom. The SMILES string of the molecule is CN(CCCCC[C@@H]1C(=O)c2ccccc2[C@H]2CC[C@]3(C)CCC[C@H]3[C@H]12)CCCSCCCC(F)(F)C(F)(F)F. The van der Waals surface area contributed by atoms with Gasteiger partial charge in [-0.2, -0.15) is 33.7 Å². The number of carbonyl (C=O) groups is 1. The summed E-state index contributed by atoms with van der Waals surface area (Å²) in [6.45, 7) is 4.33. The van der Waals surface area contributed by atoms with Gasteiger partial charge in [-0.3, -0.25) is 4.79 Å². The summed E-state index contributed by atoms with van der Waals surface area (Å²) in [7, 11) is 2.07. The first-order chi connectivity index (χ1) is 18.9. The van der Waals surface area contributed by atoms with Crippen molar-refractivity contribution in [2.45, 2.75) is 102 Å². The molecule has 0 aromatic heterocycles. The van der Waals surface area contributed by atoms with Crippen molar-refractivity contribution >= 4 is 17.5 Å². The zero-order valence-corrected chi connectivity index (χ0v) is 24.9. The summed E-state index contributed by atoms with van der Waals surface area (Å²) >= 11 is 1.45. The Morgan fingerprint density at radius 2 is 1.68 bits per heavy atom. The Labute approximate surface area is 241 Å². The third-order valence-corrected chi connectivity index (χ3v) is 11.3. The number of hydrogen-bond acceptors (Lipinski definition) is 3. The maximum absolute atomic E-state index is 13.7. The van der Waals surface area contributed by atoms with Gasteiger partial charge in [0.05, 0.1) is 0 Å². The lowest BCUT2D eigenvalue weighted by Gasteiger charge is -2.51. The first-order valence-electron chi connectivity index (χ1n) is 15.3. The van der Waals surface area contributed by atoms with Gasteiger partial charge in [0.15, 0.2) is 5.78 Å². The van der Waals surface area contributed by atoms with E-state index in [-0.39, 0.29) is 12.3 Å². The van der Waals surface area contributed by atoms with E-state index in [2.05, 4.69) is 31.0 Å². The molecule has 8 heteroatoms. The smallest absolute Gasteiger partial charge is 0.306 e. The molecule has 0 N–H and O–H groups in total. The molecule has 0 bridgehead atoms. The van der Waals surface area contributed by atoms with Crippen molar-refractivity contribution in [2.24, 2.45) is 23.2 Å². The first-order valence-corrected chi connectivity index (χ1v) is 16.4. The zero-order chi connectivity index (χ0) is 29.0. The average molecular weight is 588 g/mol. The molecule has 0 unspecified atom stereocenters. The van der Waals surface area contributed by atoms with Gasteiger partial charge in [-0.15, -0.1) is 0 Å². The summed E-state index contributed by atoms with van der Waals surface area (Å²) in [6.07, 6.45) is 4.75. The van der Waals surface area contributed by atoms with Crippen LogP contribution in [0.5, 0.6) is 0 Å². The van der Waals surface area contributed by atoms with Gasteiger partial charge in [-0.1, -0.05) is 50.5 Å². The molecule has 40 heavy (non-hydrogen) atoms. The number of halogens is 5. The quantitative estimate of drug-likeness (QED) is 0.160. The molecule has 0 spiro atoms. The summed E-state index contributed by atoms with van der Waals surface area (Å²) < 4.78 is 62.6. The number of unbranched alkanes of at least 4 members (excludes halogenated alkanes) is 2. The third kappa shape index (κ3) is 7.25. The predicted octanol–water partition coefficient (Wildman–Crippen LogP) is 9.39. The van der Waals surface area contributed by atoms with Crippen LogP contribution in [-0.4, -0.2) is 54.4 Å². The molecular formula is C32H46F5NOS. The van der Waals surface area contributed by atoms with Gasteiger partial charge < -0.3 is 4.90 Å². The highest BCUT2D eigenvalue weighted by Gasteiger charge is 2.56. The number of hydrogen-bond donors (Lipinski definition) is 0. The number of fused-ring (bicyclic) bond motifs is 5. The monoisotopic (exact) mass is 587 g/mol. The number of alkyl halides is 5. The van der Waals surface area contributed by atoms with Crippen LogP contribution in [0.3, 0.4) is 0 Å². The molecule has 1 aromatic rings. The van der Waals surface area contributed by atoms with E-state index < -0.39 is 18.5 Å². The second-order valence-corrected chi connectivity index (χ2v) is 14.1. The predicted molar refractivity (Wildman–Crippen MR) is 153 cm³/mol. The number of rotatable bonds is 14. The van der Waals surface area contributed by atoms with E-state index >= 15 is 0 Å². The minimum Gasteiger partial charge on any atom is -0.306 e. The molecule has 2 nitrogen and oxygen atoms in total. The van der Waals surface area contributed by atoms with Gasteiger partial charge >= 0.3 is 12.1 Å². The van der Waals surface area contributed by atoms with Crippen LogP contribution in [0.4, 0.5) is 22.0 Å². The molecule has 3 aliphatic carbocycles. The van der Waals surface area contributed by atoms with Crippen LogP contribution in [0, 0.1) is 23.2 Å². The number of Topliss-reactive ketones (excluding diaryl/α,β-unsaturated/α-hetero) is 1. The van der Waals surface area contributed by atoms with Gasteiger partial charge in [0.1, 0.15) is 0 Å². The first kappa shape index (κ1) is 31.8. The van der Waals surface area contributed by atoms with Crippen LogP contribution in [0.25, 0.3) is 0 Å². The van der Waals surface area contributed by atoms with Gasteiger partial charge in [0.2, 0.25) is 0 Å². The number of nitrogens with zero attached hydrogens (tertiary/aromatic N) is 1. The molecule has 0 radical (unpaired) electrons. The second-order valence-electron chi connectivity index (χ2n) is 12.9. The molecule has 0 saturated heterocycles. The van der Waals surface area contributed by atoms with Crippen LogP contribution < -0.4 is 0 Å². The minimum absolute atomic E-state index is 0.135. The maximum Gasteiger partial charge on any atom is 0.453 e. The van der Waals surface area contributed by atoms with Crippen molar-refractivity contribution in [3.63, 3.8) is 0 Å². The van der Waals surface area contributed by atoms with Crippen molar-refractivity contribution < 1.29 is 26.7 Å². The van der Waals surface area contributed by atoms with Crippen molar-refractivity contribution in [2.75, 3.05) is 31.6 Å². The number of thioether (sulfide) groups is 1. The fourth-order valence-electron chi connectivity index (χ4n) is 7.96. The minimum atomic E-state index is -5.45. The normalized spacial score (nSPS) is 28.4. The molecule has 3 aliphatic rings. The molecule has 2 saturated carbocycles. The summed E-state index contributed by atoms with van der Waals surface area (Å²) in [4.78, 5) is 16.0. The van der Waals surface area contributed by atoms with Crippen LogP contribution in [0.2, 0.25) is 0 Å². The Kier molecular flexibility index (Phi) is 10.7. The van der Waals surface area contributed by atoms with Gasteiger partial charge in [-0.05, 0) is 112 Å². The summed E-state index contributed by atoms with van der Waals surface area (Å²) in [5, 5.41) is 0. The van der Waals surface area contributed by atoms with Crippen molar-refractivity contribution in [1.82, 2.24) is 4.90 Å². The number of ketones is 1. The lowest BCUT2D eigenvalue weighted by atomic mass is 9.52. The molecule has 2 fully saturated rings. The highest BCUT2D eigenvalue weighted by molar-refractivity contribution is 7.99. The third-order valence-electron chi connectivity index (χ3n) is 10.1. The van der Waals surface area contributed by atoms with Gasteiger partial charge in [0.25, 0.3) is 0 Å². The van der Waals surface area contributed by atoms with Crippen LogP contribution in [0.1, 0.15) is 106 Å². The zero-order valence-electron chi connectivity index (χ0n) is 24.1. The standard InChI is InChI=1S/C32H46F5NOS/c1-30-16-8-14-27(30)28-24(15-18-30)23-11-5-6-12-25(23)29(39)26(28)13-4-3-7-19-38(2)20-10-22-40-21-9-17-31(33,34)32(35,36)37/h5-6,11-12,24,26-28H,3-4,7-10,13-22H2,1-2H3/t24-,26+,27+,28+,30+/m1/s1. The second kappa shape index (κ2) is 13.4. The van der Waals surface area contributed by atoms with E-state index in [1.165, 1.54) is 49.4 Å². The Morgan fingerprint density at radius 3 is 2.45 bits per heavy atom. The van der Waals surface area contributed by atoms with Gasteiger partial charge in [-0.25, -0.2) is 0 Å². The molecule has 4 rings (SSSR count). The summed E-state index contributed by atoms with van der Waals surface area (Å²) in [6, 6.07) is 8.37. The van der Waals surface area contributed by atoms with Gasteiger partial charge in [0, 0.05) is 17.9 Å². The Hall–Kier alpha value is -1.15. The molecule has 1 aromatic carbocycles. The molecule has 0 heterocycles. The number of benzene rings is 1. The Balaban J connectivity index is 1.16. The topological polar surface area (TPSA) is 20.3 Å². The van der Waals surface area contributed by atoms with Crippen LogP contribution >= 0.6 is 11.8 Å². The average Bonchev–Trinajstić information content (AvgIpc) is 3.30. The van der Waals surface area contributed by atoms with Crippen molar-refractivity contribution in [1.29, 1.82) is 0 Å². The maximum atomic E-state index is 13.7. The molecule has 5 atom stereocenters. The molecule has 0 amide bonds. The molecule has 226 valence electrons. The highest BCUT2D eigenvalue weighted by Crippen LogP contribution is 2.62. The fraction of sp³-hybridized carbons (Fsp3) is 0.781. The van der Waals surface area contributed by atoms with E-state index in [0.717, 1.165) is 56.5 Å². The van der Waals surface area contributed by atoms with Crippen molar-refractivity contribution in [3.05, 3.63) is 35.4 Å². The molecule has 0 aliphatic heterocycles. The van der Waals surface area contributed by atoms with E-state index in [1.54, 1.807) is 0 Å². The van der Waals surface area contributed by atoms with Crippen molar-refractivity contribution in [3.8, 4) is 0 Å².